The van der Waals surface area contributed by atoms with Crippen molar-refractivity contribution in [3.63, 3.8) is 0 Å². The van der Waals surface area contributed by atoms with Crippen LogP contribution in [-0.4, -0.2) is 15.0 Å². The van der Waals surface area contributed by atoms with Crippen LogP contribution in [0, 0.1) is 0 Å². The predicted molar refractivity (Wildman–Crippen MR) is 51.5 cm³/mol. The summed E-state index contributed by atoms with van der Waals surface area (Å²) in [6.07, 6.45) is 6.86. The van der Waals surface area contributed by atoms with Gasteiger partial charge in [-0.3, -0.25) is 0 Å². The molecule has 2 aromatic heterocycles. The fourth-order valence-corrected chi connectivity index (χ4v) is 1.44. The number of anilines is 1. The van der Waals surface area contributed by atoms with Crippen LogP contribution in [0.5, 0.6) is 0 Å². The molecule has 0 fully saturated rings. The fourth-order valence-electron chi connectivity index (χ4n) is 0.910. The number of aromatic nitrogens is 3. The molecule has 0 bridgehead atoms. The molecule has 2 rings (SSSR count). The molecule has 0 radical (unpaired) electrons. The fraction of sp³-hybridized carbons (Fsp3) is 0.125. The first kappa shape index (κ1) is 8.12. The van der Waals surface area contributed by atoms with Crippen molar-refractivity contribution < 1.29 is 0 Å². The first-order valence-electron chi connectivity index (χ1n) is 3.82. The maximum Gasteiger partial charge on any atom is 0.182 e. The standard InChI is InChI=1S/C8H8N4S/c1-2-13-8(11-1)12-5-7-3-9-6-10-4-7/h1-4,6H,5H2,(H,11,12). The largest absolute Gasteiger partial charge is 0.357 e. The second-order valence-corrected chi connectivity index (χ2v) is 3.33. The van der Waals surface area contributed by atoms with Crippen LogP contribution in [0.4, 0.5) is 5.13 Å². The van der Waals surface area contributed by atoms with Crippen LogP contribution >= 0.6 is 11.3 Å². The van der Waals surface area contributed by atoms with Crippen molar-refractivity contribution in [3.05, 3.63) is 35.9 Å². The van der Waals surface area contributed by atoms with Crippen molar-refractivity contribution in [2.75, 3.05) is 5.32 Å². The van der Waals surface area contributed by atoms with Crippen molar-refractivity contribution in [1.29, 1.82) is 0 Å². The quantitative estimate of drug-likeness (QED) is 0.801. The van der Waals surface area contributed by atoms with Gasteiger partial charge in [0, 0.05) is 36.1 Å². The summed E-state index contributed by atoms with van der Waals surface area (Å²) in [7, 11) is 0. The third-order valence-electron chi connectivity index (χ3n) is 1.49. The van der Waals surface area contributed by atoms with E-state index in [4.69, 9.17) is 0 Å². The van der Waals surface area contributed by atoms with Gasteiger partial charge in [-0.15, -0.1) is 11.3 Å². The number of hydrogen-bond acceptors (Lipinski definition) is 5. The Labute approximate surface area is 79.7 Å². The van der Waals surface area contributed by atoms with Crippen LogP contribution in [0.25, 0.3) is 0 Å². The molecule has 2 heterocycles. The second-order valence-electron chi connectivity index (χ2n) is 2.44. The topological polar surface area (TPSA) is 50.7 Å². The maximum absolute atomic E-state index is 4.10. The Morgan fingerprint density at radius 1 is 1.31 bits per heavy atom. The molecule has 4 nitrogen and oxygen atoms in total. The summed E-state index contributed by atoms with van der Waals surface area (Å²) in [5, 5.41) is 6.02. The van der Waals surface area contributed by atoms with Gasteiger partial charge in [-0.25, -0.2) is 15.0 Å². The highest BCUT2D eigenvalue weighted by Gasteiger charge is 1.94. The van der Waals surface area contributed by atoms with Gasteiger partial charge in [-0.05, 0) is 0 Å². The average molecular weight is 192 g/mol. The van der Waals surface area contributed by atoms with E-state index in [0.717, 1.165) is 10.7 Å². The van der Waals surface area contributed by atoms with Gasteiger partial charge in [-0.1, -0.05) is 0 Å². The summed E-state index contributed by atoms with van der Waals surface area (Å²) in [6, 6.07) is 0. The van der Waals surface area contributed by atoms with Crippen molar-refractivity contribution in [2.24, 2.45) is 0 Å². The molecule has 0 aliphatic heterocycles. The molecule has 0 aromatic carbocycles. The number of rotatable bonds is 3. The third kappa shape index (κ3) is 2.22. The van der Waals surface area contributed by atoms with E-state index in [1.165, 1.54) is 6.33 Å². The molecule has 0 atom stereocenters. The van der Waals surface area contributed by atoms with Crippen LogP contribution < -0.4 is 5.32 Å². The number of hydrogen-bond donors (Lipinski definition) is 1. The minimum Gasteiger partial charge on any atom is -0.357 e. The average Bonchev–Trinajstić information content (AvgIpc) is 2.69. The summed E-state index contributed by atoms with van der Waals surface area (Å²) in [4.78, 5) is 11.9. The molecule has 0 unspecified atom stereocenters. The van der Waals surface area contributed by atoms with Crippen molar-refractivity contribution in [1.82, 2.24) is 15.0 Å². The lowest BCUT2D eigenvalue weighted by molar-refractivity contribution is 1.05. The summed E-state index contributed by atoms with van der Waals surface area (Å²) < 4.78 is 0. The van der Waals surface area contributed by atoms with Crippen LogP contribution in [0.1, 0.15) is 5.56 Å². The summed E-state index contributed by atoms with van der Waals surface area (Å²) >= 11 is 1.58. The highest BCUT2D eigenvalue weighted by molar-refractivity contribution is 7.13. The van der Waals surface area contributed by atoms with E-state index in [9.17, 15) is 0 Å². The smallest absolute Gasteiger partial charge is 0.182 e. The molecule has 0 amide bonds. The van der Waals surface area contributed by atoms with Gasteiger partial charge in [0.25, 0.3) is 0 Å². The van der Waals surface area contributed by atoms with Gasteiger partial charge in [-0.2, -0.15) is 0 Å². The van der Waals surface area contributed by atoms with E-state index in [2.05, 4.69) is 20.3 Å². The molecule has 5 heteroatoms. The molecule has 0 saturated carbocycles. The Kier molecular flexibility index (Phi) is 2.47. The Hall–Kier alpha value is -1.49. The molecule has 0 aliphatic rings. The lowest BCUT2D eigenvalue weighted by Crippen LogP contribution is -1.99. The normalized spacial score (nSPS) is 9.85. The molecular weight excluding hydrogens is 184 g/mol. The summed E-state index contributed by atoms with van der Waals surface area (Å²) in [5.41, 5.74) is 1.05. The zero-order valence-electron chi connectivity index (χ0n) is 6.84. The molecule has 2 aromatic rings. The van der Waals surface area contributed by atoms with Crippen molar-refractivity contribution >= 4 is 16.5 Å². The van der Waals surface area contributed by atoms with Crippen LogP contribution in [-0.2, 0) is 6.54 Å². The Bertz CT molecular complexity index is 346. The van der Waals surface area contributed by atoms with E-state index in [1.54, 1.807) is 29.9 Å². The lowest BCUT2D eigenvalue weighted by Gasteiger charge is -2.00. The summed E-state index contributed by atoms with van der Waals surface area (Å²) in [6.45, 7) is 0.717. The van der Waals surface area contributed by atoms with E-state index in [1.807, 2.05) is 5.38 Å². The monoisotopic (exact) mass is 192 g/mol. The number of nitrogens with one attached hydrogen (secondary N) is 1. The highest BCUT2D eigenvalue weighted by atomic mass is 32.1. The molecule has 66 valence electrons. The van der Waals surface area contributed by atoms with Crippen LogP contribution in [0.15, 0.2) is 30.3 Å². The Balaban J connectivity index is 1.94. The zero-order valence-corrected chi connectivity index (χ0v) is 7.66. The van der Waals surface area contributed by atoms with Gasteiger partial charge in [0.2, 0.25) is 0 Å². The van der Waals surface area contributed by atoms with E-state index in [-0.39, 0.29) is 0 Å². The SMILES string of the molecule is c1ncc(CNc2nccs2)cn1. The molecular formula is C8H8N4S. The van der Waals surface area contributed by atoms with Crippen molar-refractivity contribution in [2.45, 2.75) is 6.54 Å². The van der Waals surface area contributed by atoms with Crippen LogP contribution in [0.2, 0.25) is 0 Å². The predicted octanol–water partition coefficient (Wildman–Crippen LogP) is 1.55. The molecule has 13 heavy (non-hydrogen) atoms. The first-order chi connectivity index (χ1) is 6.45. The van der Waals surface area contributed by atoms with E-state index < -0.39 is 0 Å². The lowest BCUT2D eigenvalue weighted by atomic mass is 10.3. The Morgan fingerprint density at radius 2 is 2.15 bits per heavy atom. The van der Waals surface area contributed by atoms with Crippen molar-refractivity contribution in [3.8, 4) is 0 Å². The highest BCUT2D eigenvalue weighted by Crippen LogP contribution is 2.11. The van der Waals surface area contributed by atoms with Crippen LogP contribution in [0.3, 0.4) is 0 Å². The van der Waals surface area contributed by atoms with Gasteiger partial charge in [0.05, 0.1) is 0 Å². The molecule has 0 spiro atoms. The van der Waals surface area contributed by atoms with E-state index in [0.29, 0.717) is 6.54 Å². The zero-order chi connectivity index (χ0) is 8.93. The van der Waals surface area contributed by atoms with Gasteiger partial charge < -0.3 is 5.32 Å². The number of thiazole rings is 1. The summed E-state index contributed by atoms with van der Waals surface area (Å²) in [5.74, 6) is 0. The van der Waals surface area contributed by atoms with Gasteiger partial charge in [0.15, 0.2) is 5.13 Å². The second kappa shape index (κ2) is 3.95. The first-order valence-corrected chi connectivity index (χ1v) is 4.70. The minimum atomic E-state index is 0.717. The molecule has 1 N–H and O–H groups in total. The molecule has 0 aliphatic carbocycles. The third-order valence-corrected chi connectivity index (χ3v) is 2.22. The maximum atomic E-state index is 4.10. The van der Waals surface area contributed by atoms with Gasteiger partial charge in [0.1, 0.15) is 6.33 Å². The number of nitrogens with zero attached hydrogens (tertiary/aromatic N) is 3. The minimum absolute atomic E-state index is 0.717. The molecule has 0 saturated heterocycles. The van der Waals surface area contributed by atoms with E-state index >= 15 is 0 Å². The van der Waals surface area contributed by atoms with Gasteiger partial charge >= 0.3 is 0 Å². The Morgan fingerprint density at radius 3 is 2.85 bits per heavy atom.